The smallest absolute Gasteiger partial charge is 0.237 e. The van der Waals surface area contributed by atoms with Crippen LogP contribution in [-0.4, -0.2) is 34.7 Å². The van der Waals surface area contributed by atoms with Crippen molar-refractivity contribution in [3.63, 3.8) is 0 Å². The van der Waals surface area contributed by atoms with Crippen molar-refractivity contribution in [2.24, 2.45) is 5.73 Å². The summed E-state index contributed by atoms with van der Waals surface area (Å²) in [6, 6.07) is 7.08. The molecule has 5 heteroatoms. The van der Waals surface area contributed by atoms with Gasteiger partial charge in [0, 0.05) is 17.1 Å². The fourth-order valence-corrected chi connectivity index (χ4v) is 2.22. The second-order valence-corrected chi connectivity index (χ2v) is 4.97. The first-order valence-corrected chi connectivity index (χ1v) is 6.87. The van der Waals surface area contributed by atoms with Crippen molar-refractivity contribution in [1.29, 1.82) is 0 Å². The summed E-state index contributed by atoms with van der Waals surface area (Å²) in [5.41, 5.74) is 8.02. The summed E-state index contributed by atoms with van der Waals surface area (Å²) < 4.78 is 0. The fraction of sp³-hybridized carbons (Fsp3) is 0.400. The molecule has 2 atom stereocenters. The molecule has 0 spiro atoms. The highest BCUT2D eigenvalue weighted by Crippen LogP contribution is 2.18. The normalized spacial score (nSPS) is 14.2. The molecule has 0 unspecified atom stereocenters. The fourth-order valence-electron chi connectivity index (χ4n) is 2.22. The number of benzene rings is 1. The Balaban J connectivity index is 2.04. The molecule has 5 N–H and O–H groups in total. The number of nitrogens with two attached hydrogens (primary N) is 1. The van der Waals surface area contributed by atoms with Crippen molar-refractivity contribution in [2.45, 2.75) is 31.8 Å². The molecular weight excluding hydrogens is 254 g/mol. The summed E-state index contributed by atoms with van der Waals surface area (Å²) in [5.74, 6) is -0.226. The van der Waals surface area contributed by atoms with E-state index in [0.29, 0.717) is 12.8 Å². The van der Waals surface area contributed by atoms with Gasteiger partial charge in [-0.15, -0.1) is 0 Å². The minimum atomic E-state index is -0.616. The summed E-state index contributed by atoms with van der Waals surface area (Å²) in [7, 11) is 0. The van der Waals surface area contributed by atoms with Crippen molar-refractivity contribution in [2.75, 3.05) is 6.61 Å². The summed E-state index contributed by atoms with van der Waals surface area (Å²) in [4.78, 5) is 15.1. The third kappa shape index (κ3) is 3.18. The van der Waals surface area contributed by atoms with Gasteiger partial charge in [-0.1, -0.05) is 25.1 Å². The van der Waals surface area contributed by atoms with E-state index in [9.17, 15) is 4.79 Å². The zero-order valence-electron chi connectivity index (χ0n) is 11.6. The molecule has 1 heterocycles. The Kier molecular flexibility index (Phi) is 4.76. The number of aliphatic hydroxyl groups is 1. The first kappa shape index (κ1) is 14.6. The molecule has 5 nitrogen and oxygen atoms in total. The highest BCUT2D eigenvalue weighted by atomic mass is 16.3. The SMILES string of the molecule is CC[C@H](CO)NC(=O)[C@H](N)Cc1c[nH]c2ccccc12. The number of carbonyl (C=O) groups is 1. The summed E-state index contributed by atoms with van der Waals surface area (Å²) >= 11 is 0. The van der Waals surface area contributed by atoms with Crippen LogP contribution in [0.1, 0.15) is 18.9 Å². The van der Waals surface area contributed by atoms with Crippen LogP contribution in [0.3, 0.4) is 0 Å². The predicted molar refractivity (Wildman–Crippen MR) is 79.3 cm³/mol. The summed E-state index contributed by atoms with van der Waals surface area (Å²) in [6.07, 6.45) is 3.04. The first-order valence-electron chi connectivity index (χ1n) is 6.87. The van der Waals surface area contributed by atoms with E-state index in [2.05, 4.69) is 10.3 Å². The van der Waals surface area contributed by atoms with E-state index in [-0.39, 0.29) is 18.6 Å². The molecule has 0 saturated heterocycles. The molecule has 1 aromatic heterocycles. The zero-order chi connectivity index (χ0) is 14.5. The number of carbonyl (C=O) groups excluding carboxylic acids is 1. The summed E-state index contributed by atoms with van der Waals surface area (Å²) in [6.45, 7) is 1.84. The van der Waals surface area contributed by atoms with Gasteiger partial charge in [0.05, 0.1) is 18.7 Å². The first-order chi connectivity index (χ1) is 9.65. The predicted octanol–water partition coefficient (Wildman–Crippen LogP) is 0.925. The molecule has 2 rings (SSSR count). The van der Waals surface area contributed by atoms with Gasteiger partial charge < -0.3 is 21.1 Å². The van der Waals surface area contributed by atoms with Crippen LogP contribution < -0.4 is 11.1 Å². The van der Waals surface area contributed by atoms with Gasteiger partial charge in [0.15, 0.2) is 0 Å². The minimum Gasteiger partial charge on any atom is -0.394 e. The van der Waals surface area contributed by atoms with Crippen molar-refractivity contribution in [3.8, 4) is 0 Å². The molecule has 20 heavy (non-hydrogen) atoms. The molecule has 1 amide bonds. The lowest BCUT2D eigenvalue weighted by atomic mass is 10.0. The van der Waals surface area contributed by atoms with Crippen molar-refractivity contribution in [1.82, 2.24) is 10.3 Å². The van der Waals surface area contributed by atoms with E-state index in [1.165, 1.54) is 0 Å². The van der Waals surface area contributed by atoms with E-state index < -0.39 is 6.04 Å². The molecule has 0 fully saturated rings. The largest absolute Gasteiger partial charge is 0.394 e. The highest BCUT2D eigenvalue weighted by Gasteiger charge is 2.18. The number of aliphatic hydroxyl groups excluding tert-OH is 1. The number of hydrogen-bond acceptors (Lipinski definition) is 3. The van der Waals surface area contributed by atoms with Gasteiger partial charge in [0.25, 0.3) is 0 Å². The Hall–Kier alpha value is -1.85. The van der Waals surface area contributed by atoms with Gasteiger partial charge in [0.1, 0.15) is 0 Å². The number of fused-ring (bicyclic) bond motifs is 1. The van der Waals surface area contributed by atoms with Crippen molar-refractivity contribution in [3.05, 3.63) is 36.0 Å². The van der Waals surface area contributed by atoms with Crippen LogP contribution in [0.2, 0.25) is 0 Å². The average molecular weight is 275 g/mol. The third-order valence-electron chi connectivity index (χ3n) is 3.51. The molecule has 0 aliphatic carbocycles. The Morgan fingerprint density at radius 2 is 2.20 bits per heavy atom. The van der Waals surface area contributed by atoms with E-state index >= 15 is 0 Å². The number of hydrogen-bond donors (Lipinski definition) is 4. The lowest BCUT2D eigenvalue weighted by Gasteiger charge is -2.17. The lowest BCUT2D eigenvalue weighted by Crippen LogP contribution is -2.47. The molecule has 1 aromatic carbocycles. The molecule has 0 radical (unpaired) electrons. The maximum Gasteiger partial charge on any atom is 0.237 e. The molecule has 0 saturated carbocycles. The van der Waals surface area contributed by atoms with Gasteiger partial charge >= 0.3 is 0 Å². The van der Waals surface area contributed by atoms with Crippen LogP contribution in [0.25, 0.3) is 10.9 Å². The van der Waals surface area contributed by atoms with Crippen LogP contribution in [0.15, 0.2) is 30.5 Å². The highest BCUT2D eigenvalue weighted by molar-refractivity contribution is 5.86. The molecule has 0 aliphatic heterocycles. The maximum absolute atomic E-state index is 12.0. The van der Waals surface area contributed by atoms with E-state index in [4.69, 9.17) is 10.8 Å². The second kappa shape index (κ2) is 6.54. The number of aromatic amines is 1. The number of rotatable bonds is 6. The number of aromatic nitrogens is 1. The molecular formula is C15H21N3O2. The van der Waals surface area contributed by atoms with Crippen LogP contribution >= 0.6 is 0 Å². The number of para-hydroxylation sites is 1. The van der Waals surface area contributed by atoms with Crippen LogP contribution in [0, 0.1) is 0 Å². The Morgan fingerprint density at radius 3 is 2.90 bits per heavy atom. The lowest BCUT2D eigenvalue weighted by molar-refractivity contribution is -0.123. The zero-order valence-corrected chi connectivity index (χ0v) is 11.6. The molecule has 0 aliphatic rings. The topological polar surface area (TPSA) is 91.1 Å². The monoisotopic (exact) mass is 275 g/mol. The summed E-state index contributed by atoms with van der Waals surface area (Å²) in [5, 5.41) is 12.9. The van der Waals surface area contributed by atoms with Gasteiger partial charge in [-0.05, 0) is 24.5 Å². The van der Waals surface area contributed by atoms with Crippen molar-refractivity contribution >= 4 is 16.8 Å². The van der Waals surface area contributed by atoms with Crippen LogP contribution in [-0.2, 0) is 11.2 Å². The van der Waals surface area contributed by atoms with Gasteiger partial charge in [0.2, 0.25) is 5.91 Å². The second-order valence-electron chi connectivity index (χ2n) is 4.97. The average Bonchev–Trinajstić information content (AvgIpc) is 2.87. The van der Waals surface area contributed by atoms with Crippen LogP contribution in [0.4, 0.5) is 0 Å². The van der Waals surface area contributed by atoms with E-state index in [0.717, 1.165) is 16.5 Å². The Morgan fingerprint density at radius 1 is 1.45 bits per heavy atom. The van der Waals surface area contributed by atoms with Crippen molar-refractivity contribution < 1.29 is 9.90 Å². The third-order valence-corrected chi connectivity index (χ3v) is 3.51. The minimum absolute atomic E-state index is 0.0674. The standard InChI is InChI=1S/C15H21N3O2/c1-2-11(9-19)18-15(20)13(16)7-10-8-17-14-6-4-3-5-12(10)14/h3-6,8,11,13,17,19H,2,7,9,16H2,1H3,(H,18,20)/t11-,13-/m1/s1. The Bertz CT molecular complexity index is 575. The van der Waals surface area contributed by atoms with Gasteiger partial charge in [-0.2, -0.15) is 0 Å². The number of nitrogens with one attached hydrogen (secondary N) is 2. The van der Waals surface area contributed by atoms with Gasteiger partial charge in [-0.3, -0.25) is 4.79 Å². The quantitative estimate of drug-likeness (QED) is 0.632. The Labute approximate surface area is 118 Å². The number of H-pyrrole nitrogens is 1. The maximum atomic E-state index is 12.0. The molecule has 0 bridgehead atoms. The van der Waals surface area contributed by atoms with Crippen LogP contribution in [0.5, 0.6) is 0 Å². The van der Waals surface area contributed by atoms with E-state index in [1.54, 1.807) is 0 Å². The molecule has 2 aromatic rings. The number of amides is 1. The molecule has 108 valence electrons. The van der Waals surface area contributed by atoms with E-state index in [1.807, 2.05) is 37.4 Å². The van der Waals surface area contributed by atoms with Gasteiger partial charge in [-0.25, -0.2) is 0 Å².